The molecule has 1 aliphatic rings. The average molecular weight is 477 g/mol. The van der Waals surface area contributed by atoms with Gasteiger partial charge in [0.15, 0.2) is 0 Å². The van der Waals surface area contributed by atoms with E-state index in [1.165, 1.54) is 13.2 Å². The number of carboxylic acid groups (broad SMARTS) is 1. The van der Waals surface area contributed by atoms with Crippen molar-refractivity contribution < 1.29 is 32.6 Å². The van der Waals surface area contributed by atoms with Crippen molar-refractivity contribution in [1.82, 2.24) is 20.1 Å². The van der Waals surface area contributed by atoms with Crippen molar-refractivity contribution in [2.75, 3.05) is 12.4 Å². The molecule has 0 aliphatic heterocycles. The highest BCUT2D eigenvalue weighted by Crippen LogP contribution is 2.34. The summed E-state index contributed by atoms with van der Waals surface area (Å²) in [5.41, 5.74) is -0.637. The lowest BCUT2D eigenvalue weighted by molar-refractivity contribution is -0.141. The van der Waals surface area contributed by atoms with Crippen molar-refractivity contribution in [3.05, 3.63) is 47.9 Å². The van der Waals surface area contributed by atoms with Gasteiger partial charge in [0.25, 0.3) is 5.91 Å². The molecule has 2 heterocycles. The lowest BCUT2D eigenvalue weighted by Gasteiger charge is -2.28. The fourth-order valence-electron chi connectivity index (χ4n) is 4.09. The standard InChI is InChI=1S/C22H22F3N5O4/c1-34-18-10-16-12(11-30(29-16)14-7-5-13(6-8-14)26-21(32)33)9-17(18)28-20(31)15-3-2-4-19(27-15)22(23,24)25/h2-4,9-11,13-14,26H,5-8H2,1H3,(H,28,31)(H,32,33). The number of benzene rings is 1. The molecule has 3 aromatic rings. The molecular weight excluding hydrogens is 455 g/mol. The van der Waals surface area contributed by atoms with E-state index in [9.17, 15) is 22.8 Å². The zero-order valence-corrected chi connectivity index (χ0v) is 18.1. The molecule has 0 unspecified atom stereocenters. The van der Waals surface area contributed by atoms with Gasteiger partial charge in [0.2, 0.25) is 0 Å². The maximum Gasteiger partial charge on any atom is 0.433 e. The van der Waals surface area contributed by atoms with Crippen LogP contribution in [0.1, 0.15) is 47.9 Å². The van der Waals surface area contributed by atoms with Crippen LogP contribution in [0.25, 0.3) is 10.9 Å². The van der Waals surface area contributed by atoms with Crippen molar-refractivity contribution in [3.63, 3.8) is 0 Å². The van der Waals surface area contributed by atoms with Gasteiger partial charge in [-0.3, -0.25) is 9.48 Å². The molecule has 34 heavy (non-hydrogen) atoms. The van der Waals surface area contributed by atoms with E-state index in [2.05, 4.69) is 20.7 Å². The maximum absolute atomic E-state index is 12.9. The van der Waals surface area contributed by atoms with Crippen LogP contribution in [0, 0.1) is 0 Å². The van der Waals surface area contributed by atoms with Crippen LogP contribution in [-0.4, -0.2) is 45.0 Å². The number of anilines is 1. The lowest BCUT2D eigenvalue weighted by atomic mass is 9.91. The second-order valence-electron chi connectivity index (χ2n) is 8.04. The van der Waals surface area contributed by atoms with Gasteiger partial charge in [-0.25, -0.2) is 9.78 Å². The summed E-state index contributed by atoms with van der Waals surface area (Å²) in [6.45, 7) is 0. The van der Waals surface area contributed by atoms with Gasteiger partial charge < -0.3 is 20.5 Å². The number of nitrogens with zero attached hydrogens (tertiary/aromatic N) is 3. The summed E-state index contributed by atoms with van der Waals surface area (Å²) in [7, 11) is 1.41. The van der Waals surface area contributed by atoms with Gasteiger partial charge in [-0.05, 0) is 43.9 Å². The first kappa shape index (κ1) is 23.3. The Morgan fingerprint density at radius 3 is 2.56 bits per heavy atom. The highest BCUT2D eigenvalue weighted by molar-refractivity contribution is 6.05. The minimum absolute atomic E-state index is 0.0786. The predicted octanol–water partition coefficient (Wildman–Crippen LogP) is 4.46. The number of pyridine rings is 1. The zero-order valence-electron chi connectivity index (χ0n) is 18.1. The summed E-state index contributed by atoms with van der Waals surface area (Å²) in [5, 5.41) is 19.3. The molecule has 4 rings (SSSR count). The summed E-state index contributed by atoms with van der Waals surface area (Å²) < 4.78 is 46.0. The van der Waals surface area contributed by atoms with Crippen LogP contribution in [0.3, 0.4) is 0 Å². The molecule has 9 nitrogen and oxygen atoms in total. The Balaban J connectivity index is 1.54. The first-order valence-corrected chi connectivity index (χ1v) is 10.6. The first-order chi connectivity index (χ1) is 16.1. The lowest BCUT2D eigenvalue weighted by Crippen LogP contribution is -2.37. The number of amides is 2. The van der Waals surface area contributed by atoms with E-state index in [4.69, 9.17) is 9.84 Å². The number of hydrogen-bond acceptors (Lipinski definition) is 5. The normalized spacial score (nSPS) is 18.5. The number of carbonyl (C=O) groups excluding carboxylic acids is 1. The number of fused-ring (bicyclic) bond motifs is 1. The Labute approximate surface area is 191 Å². The fraction of sp³-hybridized carbons (Fsp3) is 0.364. The van der Waals surface area contributed by atoms with Crippen molar-refractivity contribution in [2.45, 2.75) is 43.9 Å². The third-order valence-electron chi connectivity index (χ3n) is 5.76. The van der Waals surface area contributed by atoms with E-state index in [0.29, 0.717) is 29.5 Å². The Kier molecular flexibility index (Phi) is 6.31. The zero-order chi connectivity index (χ0) is 24.5. The topological polar surface area (TPSA) is 118 Å². The molecule has 0 saturated heterocycles. The van der Waals surface area contributed by atoms with Gasteiger partial charge in [0.05, 0.1) is 24.4 Å². The molecule has 0 bridgehead atoms. The van der Waals surface area contributed by atoms with Crippen molar-refractivity contribution in [1.29, 1.82) is 0 Å². The molecule has 0 radical (unpaired) electrons. The van der Waals surface area contributed by atoms with Crippen LogP contribution in [0.5, 0.6) is 5.75 Å². The molecule has 3 N–H and O–H groups in total. The van der Waals surface area contributed by atoms with Gasteiger partial charge in [-0.2, -0.15) is 18.3 Å². The molecule has 180 valence electrons. The molecule has 0 spiro atoms. The number of ether oxygens (including phenoxy) is 1. The smallest absolute Gasteiger partial charge is 0.433 e. The quantitative estimate of drug-likeness (QED) is 0.499. The Bertz CT molecular complexity index is 1220. The summed E-state index contributed by atoms with van der Waals surface area (Å²) in [5.74, 6) is -0.507. The van der Waals surface area contributed by atoms with Crippen LogP contribution in [0.15, 0.2) is 36.5 Å². The molecular formula is C22H22F3N5O4. The van der Waals surface area contributed by atoms with E-state index in [1.807, 2.05) is 10.9 Å². The third kappa shape index (κ3) is 5.05. The van der Waals surface area contributed by atoms with E-state index < -0.39 is 23.9 Å². The molecule has 1 aliphatic carbocycles. The summed E-state index contributed by atoms with van der Waals surface area (Å²) in [6, 6.07) is 6.41. The average Bonchev–Trinajstić information content (AvgIpc) is 3.21. The van der Waals surface area contributed by atoms with Gasteiger partial charge in [-0.1, -0.05) is 6.07 Å². The first-order valence-electron chi connectivity index (χ1n) is 10.6. The number of halogens is 3. The molecule has 2 aromatic heterocycles. The third-order valence-corrected chi connectivity index (χ3v) is 5.76. The second kappa shape index (κ2) is 9.20. The number of alkyl halides is 3. The van der Waals surface area contributed by atoms with Crippen LogP contribution in [0.4, 0.5) is 23.7 Å². The Hall–Kier alpha value is -3.83. The molecule has 1 saturated carbocycles. The largest absolute Gasteiger partial charge is 0.494 e. The Morgan fingerprint density at radius 1 is 1.18 bits per heavy atom. The fourth-order valence-corrected chi connectivity index (χ4v) is 4.09. The monoisotopic (exact) mass is 477 g/mol. The molecule has 0 atom stereocenters. The van der Waals surface area contributed by atoms with Crippen molar-refractivity contribution in [3.8, 4) is 5.75 Å². The number of aromatic nitrogens is 3. The minimum Gasteiger partial charge on any atom is -0.494 e. The van der Waals surface area contributed by atoms with Gasteiger partial charge in [-0.15, -0.1) is 0 Å². The van der Waals surface area contributed by atoms with Crippen LogP contribution in [-0.2, 0) is 6.18 Å². The van der Waals surface area contributed by atoms with Gasteiger partial charge >= 0.3 is 12.3 Å². The number of rotatable bonds is 5. The summed E-state index contributed by atoms with van der Waals surface area (Å²) >= 11 is 0. The van der Waals surface area contributed by atoms with Crippen LogP contribution < -0.4 is 15.4 Å². The minimum atomic E-state index is -4.66. The number of methoxy groups -OCH3 is 1. The summed E-state index contributed by atoms with van der Waals surface area (Å²) in [4.78, 5) is 26.8. The number of carbonyl (C=O) groups is 2. The number of nitrogens with one attached hydrogen (secondary N) is 2. The Morgan fingerprint density at radius 2 is 1.91 bits per heavy atom. The highest BCUT2D eigenvalue weighted by Gasteiger charge is 2.33. The number of hydrogen-bond donors (Lipinski definition) is 3. The molecule has 12 heteroatoms. The predicted molar refractivity (Wildman–Crippen MR) is 116 cm³/mol. The van der Waals surface area contributed by atoms with E-state index in [0.717, 1.165) is 25.0 Å². The highest BCUT2D eigenvalue weighted by atomic mass is 19.4. The van der Waals surface area contributed by atoms with Crippen LogP contribution >= 0.6 is 0 Å². The van der Waals surface area contributed by atoms with E-state index >= 15 is 0 Å². The van der Waals surface area contributed by atoms with E-state index in [-0.39, 0.29) is 23.5 Å². The van der Waals surface area contributed by atoms with Crippen molar-refractivity contribution in [2.24, 2.45) is 0 Å². The molecule has 1 aromatic carbocycles. The van der Waals surface area contributed by atoms with E-state index in [1.54, 1.807) is 12.1 Å². The van der Waals surface area contributed by atoms with Gasteiger partial charge in [0.1, 0.15) is 17.1 Å². The second-order valence-corrected chi connectivity index (χ2v) is 8.04. The van der Waals surface area contributed by atoms with Gasteiger partial charge in [0, 0.05) is 23.7 Å². The maximum atomic E-state index is 12.9. The van der Waals surface area contributed by atoms with Crippen molar-refractivity contribution >= 4 is 28.6 Å². The summed E-state index contributed by atoms with van der Waals surface area (Å²) in [6.07, 6.45) is -0.978. The molecule has 2 amide bonds. The van der Waals surface area contributed by atoms with Crippen LogP contribution in [0.2, 0.25) is 0 Å². The SMILES string of the molecule is COc1cc2nn(C3CCC(NC(=O)O)CC3)cc2cc1NC(=O)c1cccc(C(F)(F)F)n1. The molecule has 1 fully saturated rings.